The molecular weight excluding hydrogens is 152 g/mol. The normalized spacial score (nSPS) is 25.2. The maximum atomic E-state index is 8.85. The summed E-state index contributed by atoms with van der Waals surface area (Å²) in [6.45, 7) is 4.59. The molecule has 0 radical (unpaired) electrons. The van der Waals surface area contributed by atoms with Gasteiger partial charge in [0.15, 0.2) is 0 Å². The van der Waals surface area contributed by atoms with Crippen LogP contribution in [0.2, 0.25) is 0 Å². The van der Waals surface area contributed by atoms with Gasteiger partial charge in [-0.2, -0.15) is 5.26 Å². The first-order valence-electron chi connectivity index (χ1n) is 4.59. The first-order valence-corrected chi connectivity index (χ1v) is 4.59. The van der Waals surface area contributed by atoms with E-state index in [0.717, 1.165) is 32.6 Å². The minimum absolute atomic E-state index is 0.00699. The summed E-state index contributed by atoms with van der Waals surface area (Å²) in [6, 6.07) is 2.28. The van der Waals surface area contributed by atoms with Crippen LogP contribution in [0.1, 0.15) is 19.8 Å². The lowest BCUT2D eigenvalue weighted by molar-refractivity contribution is 0.181. The Morgan fingerprint density at radius 3 is 3.08 bits per heavy atom. The van der Waals surface area contributed by atoms with E-state index in [0.29, 0.717) is 5.92 Å². The Bertz CT molecular complexity index is 158. The van der Waals surface area contributed by atoms with Gasteiger partial charge in [0.2, 0.25) is 0 Å². The fourth-order valence-corrected chi connectivity index (χ4v) is 1.43. The summed E-state index contributed by atoms with van der Waals surface area (Å²) in [4.78, 5) is 0. The summed E-state index contributed by atoms with van der Waals surface area (Å²) in [6.07, 6.45) is 2.10. The summed E-state index contributed by atoms with van der Waals surface area (Å²) in [5.74, 6) is 0.404. The van der Waals surface area contributed by atoms with E-state index in [-0.39, 0.29) is 6.04 Å². The molecule has 1 aliphatic rings. The van der Waals surface area contributed by atoms with Gasteiger partial charge in [0.25, 0.3) is 0 Å². The molecule has 0 aromatic heterocycles. The molecule has 12 heavy (non-hydrogen) atoms. The van der Waals surface area contributed by atoms with E-state index in [1.165, 1.54) is 0 Å². The van der Waals surface area contributed by atoms with Crippen LogP contribution in [0.3, 0.4) is 0 Å². The van der Waals surface area contributed by atoms with Gasteiger partial charge in [0, 0.05) is 12.5 Å². The van der Waals surface area contributed by atoms with E-state index in [1.54, 1.807) is 0 Å². The van der Waals surface area contributed by atoms with Crippen LogP contribution >= 0.6 is 0 Å². The van der Waals surface area contributed by atoms with Crippen molar-refractivity contribution in [3.05, 3.63) is 0 Å². The zero-order chi connectivity index (χ0) is 8.81. The van der Waals surface area contributed by atoms with Gasteiger partial charge >= 0.3 is 0 Å². The van der Waals surface area contributed by atoms with Crippen LogP contribution in [0, 0.1) is 17.2 Å². The Kier molecular flexibility index (Phi) is 4.06. The van der Waals surface area contributed by atoms with Crippen LogP contribution in [-0.2, 0) is 4.74 Å². The second kappa shape index (κ2) is 5.13. The van der Waals surface area contributed by atoms with E-state index in [9.17, 15) is 0 Å². The molecule has 3 nitrogen and oxygen atoms in total. The Balaban J connectivity index is 2.29. The summed E-state index contributed by atoms with van der Waals surface area (Å²) in [7, 11) is 0. The minimum atomic E-state index is -0.00699. The number of hydrogen-bond donors (Lipinski definition) is 1. The molecule has 0 spiro atoms. The zero-order valence-electron chi connectivity index (χ0n) is 7.55. The molecule has 1 heterocycles. The van der Waals surface area contributed by atoms with Crippen LogP contribution < -0.4 is 5.32 Å². The Morgan fingerprint density at radius 2 is 2.58 bits per heavy atom. The third-order valence-electron chi connectivity index (χ3n) is 2.19. The molecule has 0 bridgehead atoms. The smallest absolute Gasteiger partial charge is 0.100 e. The van der Waals surface area contributed by atoms with E-state index in [1.807, 2.05) is 0 Å². The molecule has 68 valence electrons. The highest BCUT2D eigenvalue weighted by Gasteiger charge is 2.24. The molecule has 0 saturated carbocycles. The van der Waals surface area contributed by atoms with E-state index in [4.69, 9.17) is 10.00 Å². The number of ether oxygens (including phenoxy) is 1. The minimum Gasteiger partial charge on any atom is -0.381 e. The lowest BCUT2D eigenvalue weighted by atomic mass is 10.0. The quantitative estimate of drug-likeness (QED) is 0.678. The maximum absolute atomic E-state index is 8.85. The van der Waals surface area contributed by atoms with Gasteiger partial charge in [-0.3, -0.25) is 0 Å². The first-order chi connectivity index (χ1) is 5.88. The number of nitrogens with one attached hydrogen (secondary N) is 1. The fraction of sp³-hybridized carbons (Fsp3) is 0.889. The molecule has 1 N–H and O–H groups in total. The molecule has 0 aromatic carbocycles. The molecule has 1 fully saturated rings. The SMILES string of the molecule is CCCNC(C#N)C1CCOC1. The van der Waals surface area contributed by atoms with E-state index in [2.05, 4.69) is 18.3 Å². The highest BCUT2D eigenvalue weighted by molar-refractivity contribution is 4.95. The molecule has 0 aliphatic carbocycles. The molecule has 1 saturated heterocycles. The van der Waals surface area contributed by atoms with Crippen molar-refractivity contribution in [2.75, 3.05) is 19.8 Å². The number of nitriles is 1. The van der Waals surface area contributed by atoms with Crippen molar-refractivity contribution in [1.29, 1.82) is 5.26 Å². The molecule has 2 unspecified atom stereocenters. The van der Waals surface area contributed by atoms with Gasteiger partial charge in [-0.15, -0.1) is 0 Å². The van der Waals surface area contributed by atoms with Crippen molar-refractivity contribution in [3.63, 3.8) is 0 Å². The van der Waals surface area contributed by atoms with Crippen LogP contribution in [0.25, 0.3) is 0 Å². The largest absolute Gasteiger partial charge is 0.381 e. The maximum Gasteiger partial charge on any atom is 0.100 e. The molecule has 0 aromatic rings. The Labute approximate surface area is 73.7 Å². The van der Waals surface area contributed by atoms with Crippen LogP contribution in [0.4, 0.5) is 0 Å². The van der Waals surface area contributed by atoms with Gasteiger partial charge in [-0.05, 0) is 19.4 Å². The average Bonchev–Trinajstić information content (AvgIpc) is 2.59. The summed E-state index contributed by atoms with van der Waals surface area (Å²) < 4.78 is 5.23. The van der Waals surface area contributed by atoms with Gasteiger partial charge in [-0.1, -0.05) is 6.92 Å². The number of hydrogen-bond acceptors (Lipinski definition) is 3. The molecule has 0 amide bonds. The topological polar surface area (TPSA) is 45.0 Å². The third kappa shape index (κ3) is 2.47. The molecule has 2 atom stereocenters. The second-order valence-electron chi connectivity index (χ2n) is 3.18. The molecular formula is C9H16N2O. The first kappa shape index (κ1) is 9.50. The lowest BCUT2D eigenvalue weighted by Crippen LogP contribution is -2.35. The predicted octanol–water partition coefficient (Wildman–Crippen LogP) is 0.915. The monoisotopic (exact) mass is 168 g/mol. The Hall–Kier alpha value is -0.590. The van der Waals surface area contributed by atoms with Gasteiger partial charge in [-0.25, -0.2) is 0 Å². The van der Waals surface area contributed by atoms with Crippen molar-refractivity contribution >= 4 is 0 Å². The van der Waals surface area contributed by atoms with Crippen molar-refractivity contribution < 1.29 is 4.74 Å². The van der Waals surface area contributed by atoms with Crippen molar-refractivity contribution in [2.45, 2.75) is 25.8 Å². The second-order valence-corrected chi connectivity index (χ2v) is 3.18. The van der Waals surface area contributed by atoms with Gasteiger partial charge < -0.3 is 10.1 Å². The van der Waals surface area contributed by atoms with E-state index < -0.39 is 0 Å². The predicted molar refractivity (Wildman–Crippen MR) is 46.6 cm³/mol. The summed E-state index contributed by atoms with van der Waals surface area (Å²) in [5, 5.41) is 12.1. The highest BCUT2D eigenvalue weighted by atomic mass is 16.5. The van der Waals surface area contributed by atoms with Crippen molar-refractivity contribution in [1.82, 2.24) is 5.32 Å². The van der Waals surface area contributed by atoms with Gasteiger partial charge in [0.1, 0.15) is 6.04 Å². The average molecular weight is 168 g/mol. The van der Waals surface area contributed by atoms with Crippen molar-refractivity contribution in [3.8, 4) is 6.07 Å². The Morgan fingerprint density at radius 1 is 1.75 bits per heavy atom. The number of nitrogens with zero attached hydrogens (tertiary/aromatic N) is 1. The van der Waals surface area contributed by atoms with Crippen molar-refractivity contribution in [2.24, 2.45) is 5.92 Å². The summed E-state index contributed by atoms with van der Waals surface area (Å²) >= 11 is 0. The zero-order valence-corrected chi connectivity index (χ0v) is 7.55. The standard InChI is InChI=1S/C9H16N2O/c1-2-4-11-9(6-10)8-3-5-12-7-8/h8-9,11H,2-5,7H2,1H3. The molecule has 1 rings (SSSR count). The van der Waals surface area contributed by atoms with Crippen LogP contribution in [0.5, 0.6) is 0 Å². The van der Waals surface area contributed by atoms with Gasteiger partial charge in [0.05, 0.1) is 12.7 Å². The third-order valence-corrected chi connectivity index (χ3v) is 2.19. The van der Waals surface area contributed by atoms with E-state index >= 15 is 0 Å². The lowest BCUT2D eigenvalue weighted by Gasteiger charge is -2.15. The van der Waals surface area contributed by atoms with Crippen LogP contribution in [-0.4, -0.2) is 25.8 Å². The highest BCUT2D eigenvalue weighted by Crippen LogP contribution is 2.15. The number of rotatable bonds is 4. The molecule has 1 aliphatic heterocycles. The van der Waals surface area contributed by atoms with Crippen LogP contribution in [0.15, 0.2) is 0 Å². The fourth-order valence-electron chi connectivity index (χ4n) is 1.43. The molecule has 3 heteroatoms. The summed E-state index contributed by atoms with van der Waals surface area (Å²) in [5.41, 5.74) is 0.